The van der Waals surface area contributed by atoms with E-state index in [1.165, 1.54) is 41.5 Å². The molecule has 1 spiro atoms. The van der Waals surface area contributed by atoms with Crippen LogP contribution >= 0.6 is 0 Å². The van der Waals surface area contributed by atoms with E-state index in [9.17, 15) is 24.5 Å². The quantitative estimate of drug-likeness (QED) is 0.505. The van der Waals surface area contributed by atoms with Crippen molar-refractivity contribution in [1.82, 2.24) is 15.1 Å². The van der Waals surface area contributed by atoms with Crippen LogP contribution in [0.25, 0.3) is 0 Å². The van der Waals surface area contributed by atoms with Crippen LogP contribution in [0.3, 0.4) is 0 Å². The Hall–Kier alpha value is -3.73. The molecule has 1 N–H and O–H groups in total. The molecule has 11 nitrogen and oxygen atoms in total. The standard InChI is InChI=1S/C23H26N4O7/c1-2-10-24-20(28)18-15-34-23(26(18)22(30)19-7-4-13-33-19)8-11-25(12-9-23)21(29)16-5-3-6-17(14-16)27(31)32/h3-7,13-14,18H,2,8-12,15H2,1H3,(H,24,28). The van der Waals surface area contributed by atoms with Crippen LogP contribution < -0.4 is 5.32 Å². The Kier molecular flexibility index (Phi) is 6.64. The minimum absolute atomic E-state index is 0.0425. The summed E-state index contributed by atoms with van der Waals surface area (Å²) >= 11 is 0. The Balaban J connectivity index is 1.53. The summed E-state index contributed by atoms with van der Waals surface area (Å²) in [6, 6.07) is 7.91. The number of hydrogen-bond acceptors (Lipinski definition) is 7. The van der Waals surface area contributed by atoms with E-state index in [1.807, 2.05) is 6.92 Å². The van der Waals surface area contributed by atoms with Crippen LogP contribution in [0.5, 0.6) is 0 Å². The first-order valence-corrected chi connectivity index (χ1v) is 11.2. The number of nitrogens with one attached hydrogen (secondary N) is 1. The summed E-state index contributed by atoms with van der Waals surface area (Å²) < 4.78 is 11.4. The lowest BCUT2D eigenvalue weighted by Gasteiger charge is -2.44. The fraction of sp³-hybridized carbons (Fsp3) is 0.435. The third-order valence-corrected chi connectivity index (χ3v) is 6.20. The number of non-ortho nitro benzene ring substituents is 1. The van der Waals surface area contributed by atoms with Crippen LogP contribution in [0.15, 0.2) is 47.1 Å². The highest BCUT2D eigenvalue weighted by Gasteiger charge is 2.54. The number of rotatable bonds is 6. The maximum absolute atomic E-state index is 13.3. The normalized spacial score (nSPS) is 19.3. The average Bonchev–Trinajstić information content (AvgIpc) is 3.51. The Morgan fingerprint density at radius 1 is 1.18 bits per heavy atom. The number of carbonyl (C=O) groups is 3. The molecule has 2 fully saturated rings. The number of likely N-dealkylation sites (tertiary alicyclic amines) is 1. The number of benzene rings is 1. The van der Waals surface area contributed by atoms with Crippen LogP contribution in [-0.4, -0.2) is 70.5 Å². The lowest BCUT2D eigenvalue weighted by Crippen LogP contribution is -2.59. The van der Waals surface area contributed by atoms with E-state index in [4.69, 9.17) is 9.15 Å². The molecule has 3 heterocycles. The van der Waals surface area contributed by atoms with Crippen molar-refractivity contribution in [1.29, 1.82) is 0 Å². The Bertz CT molecular complexity index is 1080. The highest BCUT2D eigenvalue weighted by Crippen LogP contribution is 2.39. The summed E-state index contributed by atoms with van der Waals surface area (Å²) in [6.07, 6.45) is 2.73. The maximum atomic E-state index is 13.3. The van der Waals surface area contributed by atoms with Crippen molar-refractivity contribution in [3.63, 3.8) is 0 Å². The molecule has 11 heteroatoms. The third kappa shape index (κ3) is 4.38. The van der Waals surface area contributed by atoms with Gasteiger partial charge in [-0.1, -0.05) is 13.0 Å². The number of ether oxygens (including phenoxy) is 1. The molecule has 3 amide bonds. The van der Waals surface area contributed by atoms with Gasteiger partial charge in [0.15, 0.2) is 5.76 Å². The average molecular weight is 470 g/mol. The number of hydrogen-bond donors (Lipinski definition) is 1. The summed E-state index contributed by atoms with van der Waals surface area (Å²) in [4.78, 5) is 52.7. The molecule has 0 bridgehead atoms. The van der Waals surface area contributed by atoms with Gasteiger partial charge in [0.1, 0.15) is 11.8 Å². The number of amides is 3. The van der Waals surface area contributed by atoms with Gasteiger partial charge < -0.3 is 19.4 Å². The fourth-order valence-corrected chi connectivity index (χ4v) is 4.45. The molecule has 0 aliphatic carbocycles. The lowest BCUT2D eigenvalue weighted by molar-refractivity contribution is -0.384. The smallest absolute Gasteiger partial charge is 0.292 e. The van der Waals surface area contributed by atoms with Crippen molar-refractivity contribution in [2.45, 2.75) is 38.0 Å². The van der Waals surface area contributed by atoms with Crippen molar-refractivity contribution in [2.24, 2.45) is 0 Å². The van der Waals surface area contributed by atoms with E-state index in [2.05, 4.69) is 5.32 Å². The number of furan rings is 1. The number of nitrogens with zero attached hydrogens (tertiary/aromatic N) is 3. The monoisotopic (exact) mass is 470 g/mol. The number of piperidine rings is 1. The summed E-state index contributed by atoms with van der Waals surface area (Å²) in [6.45, 7) is 2.98. The topological polar surface area (TPSA) is 135 Å². The van der Waals surface area contributed by atoms with Gasteiger partial charge in [-0.25, -0.2) is 0 Å². The summed E-state index contributed by atoms with van der Waals surface area (Å²) in [5.41, 5.74) is -0.996. The molecule has 2 aliphatic heterocycles. The highest BCUT2D eigenvalue weighted by atomic mass is 16.6. The SMILES string of the molecule is CCCNC(=O)C1COC2(CCN(C(=O)c3cccc([N+](=O)[O-])c3)CC2)N1C(=O)c1ccco1. The van der Waals surface area contributed by atoms with Gasteiger partial charge in [0, 0.05) is 50.2 Å². The summed E-state index contributed by atoms with van der Waals surface area (Å²) in [5.74, 6) is -0.975. The molecule has 1 aromatic carbocycles. The van der Waals surface area contributed by atoms with E-state index in [0.717, 1.165) is 6.42 Å². The van der Waals surface area contributed by atoms with Crippen molar-refractivity contribution in [3.05, 3.63) is 64.1 Å². The molecule has 34 heavy (non-hydrogen) atoms. The van der Waals surface area contributed by atoms with Gasteiger partial charge in [0.2, 0.25) is 5.91 Å². The second-order valence-corrected chi connectivity index (χ2v) is 8.32. The highest BCUT2D eigenvalue weighted by molar-refractivity contribution is 5.97. The van der Waals surface area contributed by atoms with E-state index < -0.39 is 22.6 Å². The zero-order valence-electron chi connectivity index (χ0n) is 18.8. The first-order chi connectivity index (χ1) is 16.4. The predicted octanol–water partition coefficient (Wildman–Crippen LogP) is 2.19. The van der Waals surface area contributed by atoms with Crippen LogP contribution in [0.2, 0.25) is 0 Å². The lowest BCUT2D eigenvalue weighted by atomic mass is 9.96. The van der Waals surface area contributed by atoms with Crippen LogP contribution in [0, 0.1) is 10.1 Å². The van der Waals surface area contributed by atoms with Crippen LogP contribution in [0.1, 0.15) is 47.1 Å². The molecular formula is C23H26N4O7. The zero-order valence-corrected chi connectivity index (χ0v) is 18.8. The third-order valence-electron chi connectivity index (χ3n) is 6.20. The fourth-order valence-electron chi connectivity index (χ4n) is 4.45. The predicted molar refractivity (Wildman–Crippen MR) is 119 cm³/mol. The Morgan fingerprint density at radius 3 is 2.59 bits per heavy atom. The number of nitro benzene ring substituents is 1. The van der Waals surface area contributed by atoms with Gasteiger partial charge in [-0.05, 0) is 24.6 Å². The molecule has 2 aliphatic rings. The van der Waals surface area contributed by atoms with Gasteiger partial charge in [0.05, 0.1) is 17.8 Å². The van der Waals surface area contributed by atoms with Crippen molar-refractivity contribution >= 4 is 23.4 Å². The molecule has 1 aromatic heterocycles. The van der Waals surface area contributed by atoms with Crippen molar-refractivity contribution in [2.75, 3.05) is 26.2 Å². The van der Waals surface area contributed by atoms with E-state index in [1.54, 1.807) is 11.0 Å². The molecule has 0 radical (unpaired) electrons. The first kappa shape index (κ1) is 23.4. The van der Waals surface area contributed by atoms with Gasteiger partial charge in [-0.2, -0.15) is 0 Å². The Labute approximate surface area is 195 Å². The second kappa shape index (κ2) is 9.64. The number of carbonyl (C=O) groups excluding carboxylic acids is 3. The van der Waals surface area contributed by atoms with Crippen LogP contribution in [-0.2, 0) is 9.53 Å². The summed E-state index contributed by atoms with van der Waals surface area (Å²) in [7, 11) is 0. The van der Waals surface area contributed by atoms with Gasteiger partial charge in [-0.15, -0.1) is 0 Å². The summed E-state index contributed by atoms with van der Waals surface area (Å²) in [5, 5.41) is 13.9. The largest absolute Gasteiger partial charge is 0.459 e. The van der Waals surface area contributed by atoms with Crippen molar-refractivity contribution < 1.29 is 28.5 Å². The minimum atomic E-state index is -1.06. The molecule has 2 saturated heterocycles. The first-order valence-electron chi connectivity index (χ1n) is 11.2. The van der Waals surface area contributed by atoms with Crippen molar-refractivity contribution in [3.8, 4) is 0 Å². The zero-order chi connectivity index (χ0) is 24.3. The van der Waals surface area contributed by atoms with Gasteiger partial charge >= 0.3 is 0 Å². The Morgan fingerprint density at radius 2 is 1.94 bits per heavy atom. The second-order valence-electron chi connectivity index (χ2n) is 8.32. The van der Waals surface area contributed by atoms with E-state index in [-0.39, 0.29) is 61.4 Å². The maximum Gasteiger partial charge on any atom is 0.292 e. The molecule has 2 aromatic rings. The van der Waals surface area contributed by atoms with E-state index >= 15 is 0 Å². The molecule has 0 saturated carbocycles. The van der Waals surface area contributed by atoms with Gasteiger partial charge in [-0.3, -0.25) is 29.4 Å². The molecule has 180 valence electrons. The molecular weight excluding hydrogens is 444 g/mol. The van der Waals surface area contributed by atoms with Crippen LogP contribution in [0.4, 0.5) is 5.69 Å². The van der Waals surface area contributed by atoms with E-state index in [0.29, 0.717) is 6.54 Å². The van der Waals surface area contributed by atoms with Gasteiger partial charge in [0.25, 0.3) is 17.5 Å². The molecule has 1 unspecified atom stereocenters. The molecule has 4 rings (SSSR count). The number of nitro groups is 1. The molecule has 1 atom stereocenters. The minimum Gasteiger partial charge on any atom is -0.459 e.